The van der Waals surface area contributed by atoms with Gasteiger partial charge in [-0.3, -0.25) is 0 Å². The van der Waals surface area contributed by atoms with Crippen LogP contribution in [0.25, 0.3) is 0 Å². The van der Waals surface area contributed by atoms with Crippen molar-refractivity contribution in [2.24, 2.45) is 0 Å². The second-order valence-corrected chi connectivity index (χ2v) is 4.11. The summed E-state index contributed by atoms with van der Waals surface area (Å²) in [5.41, 5.74) is 1.51. The van der Waals surface area contributed by atoms with Gasteiger partial charge in [-0.1, -0.05) is 24.3 Å². The molecular formula is C15H13FN2O. The molecule has 0 radical (unpaired) electrons. The number of hydrogen-bond acceptors (Lipinski definition) is 3. The molecule has 3 nitrogen and oxygen atoms in total. The van der Waals surface area contributed by atoms with E-state index < -0.39 is 11.9 Å². The van der Waals surface area contributed by atoms with Crippen molar-refractivity contribution in [3.8, 4) is 6.07 Å². The Morgan fingerprint density at radius 1 is 1.21 bits per heavy atom. The Balaban J connectivity index is 2.03. The van der Waals surface area contributed by atoms with Gasteiger partial charge in [0.05, 0.1) is 17.7 Å². The van der Waals surface area contributed by atoms with Crippen LogP contribution in [0.15, 0.2) is 48.5 Å². The quantitative estimate of drug-likeness (QED) is 0.884. The summed E-state index contributed by atoms with van der Waals surface area (Å²) in [5, 5.41) is 21.7. The summed E-state index contributed by atoms with van der Waals surface area (Å²) in [4.78, 5) is 0. The molecule has 2 rings (SSSR count). The molecule has 19 heavy (non-hydrogen) atoms. The summed E-state index contributed by atoms with van der Waals surface area (Å²) in [5.74, 6) is -0.428. The van der Waals surface area contributed by atoms with E-state index in [2.05, 4.69) is 5.32 Å². The highest BCUT2D eigenvalue weighted by Gasteiger charge is 2.11. The Kier molecular flexibility index (Phi) is 4.11. The fraction of sp³-hybridized carbons (Fsp3) is 0.133. The maximum Gasteiger partial charge on any atom is 0.129 e. The number of rotatable bonds is 4. The van der Waals surface area contributed by atoms with Crippen LogP contribution in [0, 0.1) is 17.1 Å². The second kappa shape index (κ2) is 5.98. The average molecular weight is 256 g/mol. The maximum absolute atomic E-state index is 13.5. The number of anilines is 1. The van der Waals surface area contributed by atoms with Gasteiger partial charge in [-0.05, 0) is 24.3 Å². The zero-order valence-electron chi connectivity index (χ0n) is 10.2. The molecule has 0 bridgehead atoms. The number of aliphatic hydroxyl groups is 1. The minimum Gasteiger partial charge on any atom is -0.386 e. The maximum atomic E-state index is 13.5. The van der Waals surface area contributed by atoms with Crippen molar-refractivity contribution in [3.63, 3.8) is 0 Å². The summed E-state index contributed by atoms with van der Waals surface area (Å²) in [7, 11) is 0. The van der Waals surface area contributed by atoms with Gasteiger partial charge in [0.2, 0.25) is 0 Å². The third-order valence-corrected chi connectivity index (χ3v) is 2.76. The number of hydrogen-bond donors (Lipinski definition) is 2. The van der Waals surface area contributed by atoms with Gasteiger partial charge in [0, 0.05) is 17.8 Å². The van der Waals surface area contributed by atoms with Crippen molar-refractivity contribution in [3.05, 3.63) is 65.5 Å². The highest BCUT2D eigenvalue weighted by Crippen LogP contribution is 2.18. The molecule has 0 aliphatic carbocycles. The number of aliphatic hydroxyl groups excluding tert-OH is 1. The Bertz CT molecular complexity index is 607. The third kappa shape index (κ3) is 3.30. The molecule has 0 saturated heterocycles. The van der Waals surface area contributed by atoms with Crippen molar-refractivity contribution in [1.29, 1.82) is 5.26 Å². The molecule has 0 heterocycles. The van der Waals surface area contributed by atoms with Crippen molar-refractivity contribution in [2.75, 3.05) is 11.9 Å². The summed E-state index contributed by atoms with van der Waals surface area (Å²) in [6.07, 6.45) is -0.938. The van der Waals surface area contributed by atoms with E-state index in [0.717, 1.165) is 5.69 Å². The Morgan fingerprint density at radius 2 is 2.00 bits per heavy atom. The average Bonchev–Trinajstić information content (AvgIpc) is 2.45. The SMILES string of the molecule is N#Cc1cccc(NCC(O)c2ccccc2F)c1. The molecule has 2 N–H and O–H groups in total. The van der Waals surface area contributed by atoms with Gasteiger partial charge in [0.25, 0.3) is 0 Å². The molecule has 0 fully saturated rings. The van der Waals surface area contributed by atoms with Gasteiger partial charge in [-0.15, -0.1) is 0 Å². The van der Waals surface area contributed by atoms with Crippen molar-refractivity contribution in [1.82, 2.24) is 0 Å². The molecule has 4 heteroatoms. The fourth-order valence-corrected chi connectivity index (χ4v) is 1.77. The fourth-order valence-electron chi connectivity index (χ4n) is 1.77. The van der Waals surface area contributed by atoms with Crippen LogP contribution in [-0.4, -0.2) is 11.7 Å². The lowest BCUT2D eigenvalue weighted by Gasteiger charge is -2.14. The summed E-state index contributed by atoms with van der Waals surface area (Å²) >= 11 is 0. The molecule has 0 spiro atoms. The lowest BCUT2D eigenvalue weighted by molar-refractivity contribution is 0.186. The Morgan fingerprint density at radius 3 is 2.74 bits per heavy atom. The van der Waals surface area contributed by atoms with Gasteiger partial charge < -0.3 is 10.4 Å². The number of halogens is 1. The van der Waals surface area contributed by atoms with Crippen LogP contribution < -0.4 is 5.32 Å². The molecule has 96 valence electrons. The van der Waals surface area contributed by atoms with Gasteiger partial charge in [-0.25, -0.2) is 4.39 Å². The van der Waals surface area contributed by atoms with Gasteiger partial charge in [0.15, 0.2) is 0 Å². The second-order valence-electron chi connectivity index (χ2n) is 4.11. The number of nitrogens with one attached hydrogen (secondary N) is 1. The smallest absolute Gasteiger partial charge is 0.129 e. The molecule has 1 atom stereocenters. The predicted molar refractivity (Wildman–Crippen MR) is 71.0 cm³/mol. The van der Waals surface area contributed by atoms with E-state index in [4.69, 9.17) is 5.26 Å². The van der Waals surface area contributed by atoms with Crippen LogP contribution in [-0.2, 0) is 0 Å². The first-order chi connectivity index (χ1) is 9.20. The molecule has 0 amide bonds. The van der Waals surface area contributed by atoms with Crippen LogP contribution in [0.3, 0.4) is 0 Å². The molecular weight excluding hydrogens is 243 g/mol. The first-order valence-electron chi connectivity index (χ1n) is 5.87. The highest BCUT2D eigenvalue weighted by molar-refractivity contribution is 5.49. The zero-order valence-corrected chi connectivity index (χ0v) is 10.2. The number of benzene rings is 2. The van der Waals surface area contributed by atoms with Gasteiger partial charge in [0.1, 0.15) is 5.82 Å². The Hall–Kier alpha value is -2.38. The minimum absolute atomic E-state index is 0.176. The van der Waals surface area contributed by atoms with E-state index in [-0.39, 0.29) is 12.1 Å². The topological polar surface area (TPSA) is 56.0 Å². The van der Waals surface area contributed by atoms with E-state index in [1.807, 2.05) is 6.07 Å². The van der Waals surface area contributed by atoms with Gasteiger partial charge in [-0.2, -0.15) is 5.26 Å². The van der Waals surface area contributed by atoms with Crippen LogP contribution in [0.2, 0.25) is 0 Å². The third-order valence-electron chi connectivity index (χ3n) is 2.76. The Labute approximate surface area is 110 Å². The summed E-state index contributed by atoms with van der Waals surface area (Å²) in [6, 6.07) is 15.1. The lowest BCUT2D eigenvalue weighted by Crippen LogP contribution is -2.13. The van der Waals surface area contributed by atoms with Crippen molar-refractivity contribution >= 4 is 5.69 Å². The van der Waals surface area contributed by atoms with E-state index in [1.54, 1.807) is 42.5 Å². The van der Waals surface area contributed by atoms with Crippen LogP contribution in [0.4, 0.5) is 10.1 Å². The first kappa shape index (κ1) is 13.1. The summed E-state index contributed by atoms with van der Waals surface area (Å²) < 4.78 is 13.5. The predicted octanol–water partition coefficient (Wildman–Crippen LogP) is 2.84. The molecule has 0 saturated carbocycles. The lowest BCUT2D eigenvalue weighted by atomic mass is 10.1. The van der Waals surface area contributed by atoms with E-state index in [9.17, 15) is 9.50 Å². The summed E-state index contributed by atoms with van der Waals surface area (Å²) in [6.45, 7) is 0.176. The van der Waals surface area contributed by atoms with Crippen LogP contribution in [0.5, 0.6) is 0 Å². The largest absolute Gasteiger partial charge is 0.386 e. The van der Waals surface area contributed by atoms with E-state index >= 15 is 0 Å². The normalized spacial score (nSPS) is 11.6. The highest BCUT2D eigenvalue weighted by atomic mass is 19.1. The number of nitrogens with zero attached hydrogens (tertiary/aromatic N) is 1. The van der Waals surface area contributed by atoms with Crippen LogP contribution in [0.1, 0.15) is 17.2 Å². The van der Waals surface area contributed by atoms with Crippen LogP contribution >= 0.6 is 0 Å². The monoisotopic (exact) mass is 256 g/mol. The van der Waals surface area contributed by atoms with Crippen molar-refractivity contribution in [2.45, 2.75) is 6.10 Å². The zero-order chi connectivity index (χ0) is 13.7. The molecule has 0 aromatic heterocycles. The standard InChI is InChI=1S/C15H13FN2O/c16-14-7-2-1-6-13(14)15(19)10-18-12-5-3-4-11(8-12)9-17/h1-8,15,18-19H,10H2. The number of nitriles is 1. The van der Waals surface area contributed by atoms with Gasteiger partial charge >= 0.3 is 0 Å². The molecule has 2 aromatic rings. The first-order valence-corrected chi connectivity index (χ1v) is 5.87. The molecule has 0 aliphatic heterocycles. The molecule has 2 aromatic carbocycles. The van der Waals surface area contributed by atoms with E-state index in [0.29, 0.717) is 5.56 Å². The minimum atomic E-state index is -0.938. The molecule has 1 unspecified atom stereocenters. The van der Waals surface area contributed by atoms with E-state index in [1.165, 1.54) is 6.07 Å². The van der Waals surface area contributed by atoms with Crippen molar-refractivity contribution < 1.29 is 9.50 Å². The molecule has 0 aliphatic rings.